The van der Waals surface area contributed by atoms with Gasteiger partial charge in [0.15, 0.2) is 0 Å². The van der Waals surface area contributed by atoms with E-state index in [9.17, 15) is 0 Å². The Bertz CT molecular complexity index is 445. The number of hydrogen-bond acceptors (Lipinski definition) is 1. The molecule has 4 rings (SSSR count). The van der Waals surface area contributed by atoms with E-state index in [1.165, 1.54) is 51.5 Å². The maximum atomic E-state index is 3.73. The number of hydrogen-bond donors (Lipinski definition) is 1. The Morgan fingerprint density at radius 1 is 0.895 bits per heavy atom. The van der Waals surface area contributed by atoms with Gasteiger partial charge in [-0.2, -0.15) is 0 Å². The molecular formula is C18H25N. The summed E-state index contributed by atoms with van der Waals surface area (Å²) in [6.07, 6.45) is 9.97. The van der Waals surface area contributed by atoms with E-state index in [4.69, 9.17) is 0 Å². The van der Waals surface area contributed by atoms with Crippen LogP contribution in [0.3, 0.4) is 0 Å². The first kappa shape index (κ1) is 12.0. The Kier molecular flexibility index (Phi) is 3.11. The van der Waals surface area contributed by atoms with Crippen LogP contribution in [0.25, 0.3) is 0 Å². The Balaban J connectivity index is 1.48. The molecule has 2 atom stereocenters. The Hall–Kier alpha value is -0.820. The molecule has 2 unspecified atom stereocenters. The van der Waals surface area contributed by atoms with Crippen molar-refractivity contribution in [3.05, 3.63) is 35.4 Å². The lowest BCUT2D eigenvalue weighted by Gasteiger charge is -2.40. The number of nitrogens with one attached hydrogen (secondary N) is 1. The van der Waals surface area contributed by atoms with Gasteiger partial charge in [0.1, 0.15) is 0 Å². The molecule has 3 fully saturated rings. The van der Waals surface area contributed by atoms with Crippen LogP contribution in [0, 0.1) is 5.92 Å². The minimum absolute atomic E-state index is 0.850. The second kappa shape index (κ2) is 4.94. The average Bonchev–Trinajstić information content (AvgIpc) is 3.12. The largest absolute Gasteiger partial charge is 0.314 e. The molecule has 102 valence electrons. The first-order valence-electron chi connectivity index (χ1n) is 8.24. The highest BCUT2D eigenvalue weighted by Gasteiger charge is 2.35. The van der Waals surface area contributed by atoms with E-state index >= 15 is 0 Å². The van der Waals surface area contributed by atoms with Crippen molar-refractivity contribution >= 4 is 0 Å². The van der Waals surface area contributed by atoms with Crippen molar-refractivity contribution in [3.8, 4) is 0 Å². The van der Waals surface area contributed by atoms with Gasteiger partial charge in [-0.1, -0.05) is 30.7 Å². The molecule has 0 heterocycles. The van der Waals surface area contributed by atoms with Crippen molar-refractivity contribution in [2.24, 2.45) is 5.92 Å². The molecule has 0 radical (unpaired) electrons. The lowest BCUT2D eigenvalue weighted by atomic mass is 9.66. The third-order valence-electron chi connectivity index (χ3n) is 5.60. The van der Waals surface area contributed by atoms with Crippen molar-refractivity contribution < 1.29 is 0 Å². The van der Waals surface area contributed by atoms with Gasteiger partial charge in [0.2, 0.25) is 0 Å². The van der Waals surface area contributed by atoms with E-state index in [1.54, 1.807) is 11.1 Å². The van der Waals surface area contributed by atoms with Crippen LogP contribution >= 0.6 is 0 Å². The van der Waals surface area contributed by atoms with E-state index in [0.29, 0.717) is 0 Å². The third kappa shape index (κ3) is 2.33. The molecule has 1 aromatic rings. The number of rotatable bonds is 5. The van der Waals surface area contributed by atoms with Crippen molar-refractivity contribution in [1.29, 1.82) is 0 Å². The molecule has 0 spiro atoms. The zero-order valence-electron chi connectivity index (χ0n) is 11.8. The lowest BCUT2D eigenvalue weighted by molar-refractivity contribution is 0.242. The van der Waals surface area contributed by atoms with Crippen LogP contribution in [0.1, 0.15) is 67.9 Å². The Labute approximate surface area is 116 Å². The minimum atomic E-state index is 0.850. The third-order valence-corrected chi connectivity index (χ3v) is 5.60. The maximum absolute atomic E-state index is 3.73. The molecule has 0 bridgehead atoms. The molecule has 0 saturated heterocycles. The molecular weight excluding hydrogens is 230 g/mol. The van der Waals surface area contributed by atoms with E-state index in [2.05, 4.69) is 29.6 Å². The van der Waals surface area contributed by atoms with Gasteiger partial charge in [-0.05, 0) is 74.0 Å². The van der Waals surface area contributed by atoms with Gasteiger partial charge >= 0.3 is 0 Å². The van der Waals surface area contributed by atoms with Gasteiger partial charge in [0.25, 0.3) is 0 Å². The van der Waals surface area contributed by atoms with Gasteiger partial charge in [-0.15, -0.1) is 0 Å². The summed E-state index contributed by atoms with van der Waals surface area (Å²) in [6.45, 7) is 1.26. The molecule has 3 saturated carbocycles. The molecule has 19 heavy (non-hydrogen) atoms. The summed E-state index contributed by atoms with van der Waals surface area (Å²) in [5.41, 5.74) is 3.39. The average molecular weight is 255 g/mol. The number of benzene rings is 1. The first-order valence-corrected chi connectivity index (χ1v) is 8.24. The molecule has 1 nitrogen and oxygen atoms in total. The molecule has 3 aliphatic rings. The van der Waals surface area contributed by atoms with Crippen LogP contribution in [0.4, 0.5) is 0 Å². The molecule has 1 N–H and O–H groups in total. The molecule has 0 aliphatic heterocycles. The smallest absolute Gasteiger partial charge is 0.00683 e. The summed E-state index contributed by atoms with van der Waals surface area (Å²) in [4.78, 5) is 0. The summed E-state index contributed by atoms with van der Waals surface area (Å²) >= 11 is 0. The fraction of sp³-hybridized carbons (Fsp3) is 0.667. The SMILES string of the molecule is c1ccc(C2CCC2CNC2CC2)c(C2CCC2)c1. The van der Waals surface area contributed by atoms with Crippen LogP contribution in [0.2, 0.25) is 0 Å². The second-order valence-corrected chi connectivity index (χ2v) is 6.88. The van der Waals surface area contributed by atoms with Crippen molar-refractivity contribution in [2.45, 2.75) is 62.8 Å². The predicted molar refractivity (Wildman–Crippen MR) is 79.5 cm³/mol. The topological polar surface area (TPSA) is 12.0 Å². The first-order chi connectivity index (χ1) is 9.42. The van der Waals surface area contributed by atoms with Crippen LogP contribution in [0.15, 0.2) is 24.3 Å². The maximum Gasteiger partial charge on any atom is 0.00683 e. The fourth-order valence-electron chi connectivity index (χ4n) is 3.77. The van der Waals surface area contributed by atoms with E-state index in [0.717, 1.165) is 23.8 Å². The van der Waals surface area contributed by atoms with Crippen LogP contribution < -0.4 is 5.32 Å². The van der Waals surface area contributed by atoms with Gasteiger partial charge in [-0.25, -0.2) is 0 Å². The highest BCUT2D eigenvalue weighted by Crippen LogP contribution is 2.47. The zero-order valence-corrected chi connectivity index (χ0v) is 11.8. The summed E-state index contributed by atoms with van der Waals surface area (Å²) in [5, 5.41) is 3.73. The van der Waals surface area contributed by atoms with Gasteiger partial charge < -0.3 is 5.32 Å². The van der Waals surface area contributed by atoms with E-state index in [-0.39, 0.29) is 0 Å². The van der Waals surface area contributed by atoms with Crippen molar-refractivity contribution in [1.82, 2.24) is 5.32 Å². The quantitative estimate of drug-likeness (QED) is 0.831. The molecule has 1 heteroatoms. The lowest BCUT2D eigenvalue weighted by Crippen LogP contribution is -2.35. The van der Waals surface area contributed by atoms with Crippen LogP contribution in [-0.2, 0) is 0 Å². The van der Waals surface area contributed by atoms with Crippen LogP contribution in [-0.4, -0.2) is 12.6 Å². The van der Waals surface area contributed by atoms with E-state index in [1.807, 2.05) is 0 Å². The van der Waals surface area contributed by atoms with E-state index < -0.39 is 0 Å². The zero-order chi connectivity index (χ0) is 12.7. The van der Waals surface area contributed by atoms with Crippen molar-refractivity contribution in [2.75, 3.05) is 6.54 Å². The van der Waals surface area contributed by atoms with Gasteiger partial charge in [0.05, 0.1) is 0 Å². The van der Waals surface area contributed by atoms with Gasteiger partial charge in [0, 0.05) is 6.04 Å². The summed E-state index contributed by atoms with van der Waals surface area (Å²) in [7, 11) is 0. The normalized spacial score (nSPS) is 30.7. The summed E-state index contributed by atoms with van der Waals surface area (Å²) < 4.78 is 0. The molecule has 0 amide bonds. The minimum Gasteiger partial charge on any atom is -0.314 e. The second-order valence-electron chi connectivity index (χ2n) is 6.88. The highest BCUT2D eigenvalue weighted by molar-refractivity contribution is 5.36. The Morgan fingerprint density at radius 2 is 1.68 bits per heavy atom. The monoisotopic (exact) mass is 255 g/mol. The highest BCUT2D eigenvalue weighted by atomic mass is 14.9. The Morgan fingerprint density at radius 3 is 2.26 bits per heavy atom. The summed E-state index contributed by atoms with van der Waals surface area (Å²) in [6, 6.07) is 10.2. The molecule has 0 aromatic heterocycles. The molecule has 1 aromatic carbocycles. The standard InChI is InChI=1S/C18H25N/c1-2-7-18(16(6-1)13-4-3-5-13)17-11-8-14(17)12-19-15-9-10-15/h1-2,6-7,13-15,17,19H,3-5,8-12H2. The van der Waals surface area contributed by atoms with Gasteiger partial charge in [-0.3, -0.25) is 0 Å². The molecule has 3 aliphatic carbocycles. The summed E-state index contributed by atoms with van der Waals surface area (Å²) in [5.74, 6) is 2.64. The fourth-order valence-corrected chi connectivity index (χ4v) is 3.77. The van der Waals surface area contributed by atoms with Crippen LogP contribution in [0.5, 0.6) is 0 Å². The predicted octanol–water partition coefficient (Wildman–Crippen LogP) is 4.20. The van der Waals surface area contributed by atoms with Crippen molar-refractivity contribution in [3.63, 3.8) is 0 Å².